The molecule has 0 saturated heterocycles. The molecule has 0 amide bonds. The summed E-state index contributed by atoms with van der Waals surface area (Å²) in [4.78, 5) is 8.08. The van der Waals surface area contributed by atoms with Gasteiger partial charge in [-0.2, -0.15) is 0 Å². The molecule has 0 atom stereocenters. The molecule has 6 heteroatoms. The van der Waals surface area contributed by atoms with Crippen LogP contribution in [0.4, 0.5) is 5.69 Å². The van der Waals surface area contributed by atoms with Crippen LogP contribution in [0.1, 0.15) is 5.01 Å². The van der Waals surface area contributed by atoms with Gasteiger partial charge < -0.3 is 5.32 Å². The van der Waals surface area contributed by atoms with E-state index >= 15 is 0 Å². The summed E-state index contributed by atoms with van der Waals surface area (Å²) in [7, 11) is 0. The van der Waals surface area contributed by atoms with Gasteiger partial charge in [0.25, 0.3) is 0 Å². The Morgan fingerprint density at radius 2 is 2.07 bits per heavy atom. The molecule has 2 rings (SSSR count). The third-order valence-corrected chi connectivity index (χ3v) is 3.03. The summed E-state index contributed by atoms with van der Waals surface area (Å²) in [6.45, 7) is 0.640. The lowest BCUT2D eigenvalue weighted by atomic mass is 10.4. The van der Waals surface area contributed by atoms with Crippen molar-refractivity contribution in [2.24, 2.45) is 0 Å². The van der Waals surface area contributed by atoms with Gasteiger partial charge in [-0.05, 0) is 12.1 Å². The first-order valence-corrected chi connectivity index (χ1v) is 5.77. The molecule has 2 aromatic heterocycles. The summed E-state index contributed by atoms with van der Waals surface area (Å²) in [6, 6.07) is 3.60. The molecule has 0 aliphatic carbocycles. The molecule has 0 aliphatic rings. The average molecular weight is 260 g/mol. The highest BCUT2D eigenvalue weighted by molar-refractivity contribution is 7.15. The zero-order valence-electron chi connectivity index (χ0n) is 7.58. The summed E-state index contributed by atoms with van der Waals surface area (Å²) >= 11 is 12.9. The molecule has 0 unspecified atom stereocenters. The maximum absolute atomic E-state index is 5.76. The Balaban J connectivity index is 1.96. The van der Waals surface area contributed by atoms with E-state index in [2.05, 4.69) is 15.3 Å². The lowest BCUT2D eigenvalue weighted by molar-refractivity contribution is 1.10. The van der Waals surface area contributed by atoms with E-state index in [1.165, 1.54) is 11.3 Å². The van der Waals surface area contributed by atoms with Crippen molar-refractivity contribution in [1.82, 2.24) is 9.97 Å². The number of aromatic nitrogens is 2. The van der Waals surface area contributed by atoms with Gasteiger partial charge in [-0.1, -0.05) is 23.2 Å². The van der Waals surface area contributed by atoms with Gasteiger partial charge in [0.1, 0.15) is 14.5 Å². The second-order valence-corrected chi connectivity index (χ2v) is 4.92. The van der Waals surface area contributed by atoms with Gasteiger partial charge in [0.2, 0.25) is 0 Å². The van der Waals surface area contributed by atoms with Crippen molar-refractivity contribution >= 4 is 40.2 Å². The van der Waals surface area contributed by atoms with Crippen LogP contribution in [0.15, 0.2) is 24.5 Å². The molecule has 78 valence electrons. The summed E-state index contributed by atoms with van der Waals surface area (Å²) < 4.78 is 0.695. The molecule has 0 fully saturated rings. The predicted octanol–water partition coefficient (Wildman–Crippen LogP) is 3.46. The van der Waals surface area contributed by atoms with Gasteiger partial charge >= 0.3 is 0 Å². The van der Waals surface area contributed by atoms with Crippen LogP contribution in [0.5, 0.6) is 0 Å². The zero-order valence-corrected chi connectivity index (χ0v) is 9.90. The van der Waals surface area contributed by atoms with Gasteiger partial charge in [-0.15, -0.1) is 11.3 Å². The minimum absolute atomic E-state index is 0.484. The monoisotopic (exact) mass is 259 g/mol. The Morgan fingerprint density at radius 3 is 2.67 bits per heavy atom. The van der Waals surface area contributed by atoms with Crippen molar-refractivity contribution in [1.29, 1.82) is 0 Å². The molecular weight excluding hydrogens is 253 g/mol. The topological polar surface area (TPSA) is 37.8 Å². The van der Waals surface area contributed by atoms with Gasteiger partial charge in [0.15, 0.2) is 0 Å². The van der Waals surface area contributed by atoms with Crippen LogP contribution in [0.2, 0.25) is 9.49 Å². The normalized spacial score (nSPS) is 10.3. The van der Waals surface area contributed by atoms with E-state index in [9.17, 15) is 0 Å². The number of thiazole rings is 1. The van der Waals surface area contributed by atoms with E-state index in [0.717, 1.165) is 10.7 Å². The summed E-state index contributed by atoms with van der Waals surface area (Å²) in [5, 5.41) is 4.59. The van der Waals surface area contributed by atoms with Crippen molar-refractivity contribution in [2.45, 2.75) is 6.54 Å². The van der Waals surface area contributed by atoms with Crippen LogP contribution < -0.4 is 5.32 Å². The average Bonchev–Trinajstić information content (AvgIpc) is 2.64. The van der Waals surface area contributed by atoms with Gasteiger partial charge in [-0.25, -0.2) is 9.97 Å². The Morgan fingerprint density at radius 1 is 1.20 bits per heavy atom. The van der Waals surface area contributed by atoms with Crippen LogP contribution >= 0.6 is 34.5 Å². The second-order valence-electron chi connectivity index (χ2n) is 2.78. The number of pyridine rings is 1. The maximum atomic E-state index is 5.76. The highest BCUT2D eigenvalue weighted by Crippen LogP contribution is 2.19. The number of hydrogen-bond acceptors (Lipinski definition) is 4. The molecule has 0 aromatic carbocycles. The van der Waals surface area contributed by atoms with Crippen LogP contribution in [0.3, 0.4) is 0 Å². The van der Waals surface area contributed by atoms with Crippen LogP contribution in [0.25, 0.3) is 0 Å². The maximum Gasteiger partial charge on any atom is 0.129 e. The first-order chi connectivity index (χ1) is 7.24. The lowest BCUT2D eigenvalue weighted by Gasteiger charge is -2.02. The number of anilines is 1. The SMILES string of the molecule is Clc1ccc(NCc2ncc(Cl)s2)cn1. The Kier molecular flexibility index (Phi) is 3.41. The van der Waals surface area contributed by atoms with Crippen LogP contribution in [-0.4, -0.2) is 9.97 Å². The fourth-order valence-corrected chi connectivity index (χ4v) is 2.04. The third kappa shape index (κ3) is 3.06. The first kappa shape index (κ1) is 10.7. The molecule has 0 bridgehead atoms. The van der Waals surface area contributed by atoms with E-state index in [4.69, 9.17) is 23.2 Å². The molecule has 15 heavy (non-hydrogen) atoms. The second kappa shape index (κ2) is 4.79. The minimum Gasteiger partial charge on any atom is -0.377 e. The number of hydrogen-bond donors (Lipinski definition) is 1. The van der Waals surface area contributed by atoms with E-state index in [-0.39, 0.29) is 0 Å². The fraction of sp³-hybridized carbons (Fsp3) is 0.111. The standard InChI is InChI=1S/C9H7Cl2N3S/c10-7-2-1-6(3-13-7)12-5-9-14-4-8(11)15-9/h1-4,12H,5H2. The van der Waals surface area contributed by atoms with Gasteiger partial charge in [0, 0.05) is 0 Å². The van der Waals surface area contributed by atoms with E-state index in [1.807, 2.05) is 6.07 Å². The predicted molar refractivity (Wildman–Crippen MR) is 63.7 cm³/mol. The van der Waals surface area contributed by atoms with Crippen molar-refractivity contribution in [3.05, 3.63) is 39.0 Å². The van der Waals surface area contributed by atoms with E-state index in [0.29, 0.717) is 16.0 Å². The molecule has 0 spiro atoms. The summed E-state index contributed by atoms with van der Waals surface area (Å²) in [6.07, 6.45) is 3.32. The van der Waals surface area contributed by atoms with Crippen molar-refractivity contribution in [3.63, 3.8) is 0 Å². The zero-order chi connectivity index (χ0) is 10.7. The number of nitrogens with zero attached hydrogens (tertiary/aromatic N) is 2. The summed E-state index contributed by atoms with van der Waals surface area (Å²) in [5.41, 5.74) is 0.908. The van der Waals surface area contributed by atoms with E-state index in [1.54, 1.807) is 18.5 Å². The smallest absolute Gasteiger partial charge is 0.129 e. The molecule has 2 aromatic rings. The van der Waals surface area contributed by atoms with Gasteiger partial charge in [-0.3, -0.25) is 0 Å². The van der Waals surface area contributed by atoms with Crippen molar-refractivity contribution in [2.75, 3.05) is 5.32 Å². The highest BCUT2D eigenvalue weighted by Gasteiger charge is 1.99. The number of halogens is 2. The third-order valence-electron chi connectivity index (χ3n) is 1.70. The molecule has 0 aliphatic heterocycles. The number of nitrogens with one attached hydrogen (secondary N) is 1. The summed E-state index contributed by atoms with van der Waals surface area (Å²) in [5.74, 6) is 0. The molecule has 1 N–H and O–H groups in total. The van der Waals surface area contributed by atoms with Gasteiger partial charge in [0.05, 0.1) is 24.6 Å². The molecular formula is C9H7Cl2N3S. The quantitative estimate of drug-likeness (QED) is 0.859. The molecule has 3 nitrogen and oxygen atoms in total. The molecule has 0 radical (unpaired) electrons. The Hall–Kier alpha value is -0.840. The van der Waals surface area contributed by atoms with Crippen molar-refractivity contribution in [3.8, 4) is 0 Å². The minimum atomic E-state index is 0.484. The first-order valence-electron chi connectivity index (χ1n) is 4.19. The fourth-order valence-electron chi connectivity index (χ4n) is 1.03. The molecule has 0 saturated carbocycles. The Labute approximate surface area is 101 Å². The van der Waals surface area contributed by atoms with Crippen LogP contribution in [0, 0.1) is 0 Å². The molecule has 2 heterocycles. The largest absolute Gasteiger partial charge is 0.377 e. The Bertz CT molecular complexity index is 441. The van der Waals surface area contributed by atoms with Crippen LogP contribution in [-0.2, 0) is 6.54 Å². The van der Waals surface area contributed by atoms with E-state index < -0.39 is 0 Å². The lowest BCUT2D eigenvalue weighted by Crippen LogP contribution is -1.98. The highest BCUT2D eigenvalue weighted by atomic mass is 35.5. The number of rotatable bonds is 3. The van der Waals surface area contributed by atoms with Crippen molar-refractivity contribution < 1.29 is 0 Å².